The molecule has 0 saturated heterocycles. The van der Waals surface area contributed by atoms with Crippen molar-refractivity contribution in [3.63, 3.8) is 0 Å². The lowest BCUT2D eigenvalue weighted by Gasteiger charge is -2.21. The van der Waals surface area contributed by atoms with Crippen LogP contribution in [-0.4, -0.2) is 23.1 Å². The van der Waals surface area contributed by atoms with Gasteiger partial charge in [0.15, 0.2) is 5.78 Å². The van der Waals surface area contributed by atoms with E-state index < -0.39 is 11.3 Å². The maximum Gasteiger partial charge on any atom is 0.315 e. The molecular weight excluding hydrogens is 284 g/mol. The van der Waals surface area contributed by atoms with Crippen LogP contribution in [0.2, 0.25) is 0 Å². The molecule has 0 unspecified atom stereocenters. The smallest absolute Gasteiger partial charge is 0.315 e. The molecule has 2 atom stereocenters. The largest absolute Gasteiger partial charge is 0.335 e. The van der Waals surface area contributed by atoms with Gasteiger partial charge in [-0.05, 0) is 25.3 Å². The highest BCUT2D eigenvalue weighted by Gasteiger charge is 2.26. The van der Waals surface area contributed by atoms with Gasteiger partial charge >= 0.3 is 6.03 Å². The third kappa shape index (κ3) is 4.49. The molecule has 5 heteroatoms. The van der Waals surface area contributed by atoms with Gasteiger partial charge in [-0.1, -0.05) is 43.2 Å². The standard InChI is InChI=1S/C16H22N2O2S/c1-11(21)15(19)14(12-7-3-2-4-8-12)18-16(20)17-13-9-5-6-10-13/h2-4,7-8,11,13-14,21H,5-6,9-10H2,1H3,(H2,17,18,20)/t11-,14-/m1/s1. The lowest BCUT2D eigenvalue weighted by atomic mass is 10.0. The summed E-state index contributed by atoms with van der Waals surface area (Å²) in [5, 5.41) is 5.31. The van der Waals surface area contributed by atoms with Crippen molar-refractivity contribution in [2.24, 2.45) is 0 Å². The van der Waals surface area contributed by atoms with Gasteiger partial charge in [0.25, 0.3) is 0 Å². The molecule has 4 nitrogen and oxygen atoms in total. The minimum absolute atomic E-state index is 0.105. The summed E-state index contributed by atoms with van der Waals surface area (Å²) in [5.74, 6) is -0.105. The number of benzene rings is 1. The van der Waals surface area contributed by atoms with Gasteiger partial charge in [0.2, 0.25) is 0 Å². The molecular formula is C16H22N2O2S. The highest BCUT2D eigenvalue weighted by molar-refractivity contribution is 7.81. The lowest BCUT2D eigenvalue weighted by Crippen LogP contribution is -2.45. The van der Waals surface area contributed by atoms with Gasteiger partial charge in [-0.2, -0.15) is 12.6 Å². The molecule has 0 radical (unpaired) electrons. The molecule has 1 aromatic rings. The summed E-state index contributed by atoms with van der Waals surface area (Å²) in [6.07, 6.45) is 4.33. The molecule has 1 aliphatic carbocycles. The zero-order chi connectivity index (χ0) is 15.2. The molecule has 1 fully saturated rings. The Bertz CT molecular complexity index is 484. The van der Waals surface area contributed by atoms with E-state index in [1.54, 1.807) is 6.92 Å². The van der Waals surface area contributed by atoms with Gasteiger partial charge in [0, 0.05) is 6.04 Å². The van der Waals surface area contributed by atoms with E-state index >= 15 is 0 Å². The minimum atomic E-state index is -0.653. The van der Waals surface area contributed by atoms with Crippen molar-refractivity contribution in [2.75, 3.05) is 0 Å². The van der Waals surface area contributed by atoms with Crippen LogP contribution in [-0.2, 0) is 4.79 Å². The summed E-state index contributed by atoms with van der Waals surface area (Å²) in [6, 6.07) is 8.57. The number of urea groups is 1. The highest BCUT2D eigenvalue weighted by Crippen LogP contribution is 2.19. The first-order chi connectivity index (χ1) is 10.1. The quantitative estimate of drug-likeness (QED) is 0.733. The van der Waals surface area contributed by atoms with Crippen molar-refractivity contribution in [1.29, 1.82) is 0 Å². The first-order valence-electron chi connectivity index (χ1n) is 7.41. The average Bonchev–Trinajstić information content (AvgIpc) is 2.97. The van der Waals surface area contributed by atoms with Crippen molar-refractivity contribution in [3.05, 3.63) is 35.9 Å². The first-order valence-corrected chi connectivity index (χ1v) is 7.93. The molecule has 1 aliphatic rings. The molecule has 1 aromatic carbocycles. The molecule has 2 amide bonds. The van der Waals surface area contributed by atoms with E-state index in [1.807, 2.05) is 30.3 Å². The van der Waals surface area contributed by atoms with Crippen LogP contribution >= 0.6 is 12.6 Å². The second-order valence-electron chi connectivity index (χ2n) is 5.52. The zero-order valence-electron chi connectivity index (χ0n) is 12.2. The third-order valence-electron chi connectivity index (χ3n) is 3.80. The highest BCUT2D eigenvalue weighted by atomic mass is 32.1. The van der Waals surface area contributed by atoms with E-state index in [1.165, 1.54) is 0 Å². The number of carbonyl (C=O) groups excluding carboxylic acids is 2. The fourth-order valence-corrected chi connectivity index (χ4v) is 2.78. The van der Waals surface area contributed by atoms with Crippen LogP contribution in [0.15, 0.2) is 30.3 Å². The molecule has 0 aromatic heterocycles. The molecule has 2 rings (SSSR count). The van der Waals surface area contributed by atoms with E-state index in [2.05, 4.69) is 23.3 Å². The Hall–Kier alpha value is -1.49. The number of carbonyl (C=O) groups is 2. The summed E-state index contributed by atoms with van der Waals surface area (Å²) in [4.78, 5) is 24.4. The van der Waals surface area contributed by atoms with E-state index in [9.17, 15) is 9.59 Å². The van der Waals surface area contributed by atoms with Crippen LogP contribution in [0, 0.1) is 0 Å². The van der Waals surface area contributed by atoms with Gasteiger partial charge in [-0.15, -0.1) is 0 Å². The molecule has 0 heterocycles. The van der Waals surface area contributed by atoms with Gasteiger partial charge in [0.1, 0.15) is 6.04 Å². The SMILES string of the molecule is C[C@@H](S)C(=O)[C@H](NC(=O)NC1CCCC1)c1ccccc1. The Balaban J connectivity index is 2.05. The molecule has 0 bridgehead atoms. The molecule has 114 valence electrons. The Morgan fingerprint density at radius 3 is 2.38 bits per heavy atom. The first kappa shape index (κ1) is 15.9. The molecule has 21 heavy (non-hydrogen) atoms. The summed E-state index contributed by atoms with van der Waals surface area (Å²) in [7, 11) is 0. The lowest BCUT2D eigenvalue weighted by molar-refractivity contribution is -0.120. The van der Waals surface area contributed by atoms with Crippen LogP contribution < -0.4 is 10.6 Å². The Kier molecular flexibility index (Phi) is 5.67. The van der Waals surface area contributed by atoms with Crippen molar-refractivity contribution in [2.45, 2.75) is 49.9 Å². The molecule has 1 saturated carbocycles. The number of thiol groups is 1. The summed E-state index contributed by atoms with van der Waals surface area (Å²) >= 11 is 4.20. The van der Waals surface area contributed by atoms with Crippen molar-refractivity contribution >= 4 is 24.4 Å². The number of nitrogens with one attached hydrogen (secondary N) is 2. The van der Waals surface area contributed by atoms with E-state index in [4.69, 9.17) is 0 Å². The number of Topliss-reactive ketones (excluding diaryl/α,β-unsaturated/α-hetero) is 1. The molecule has 2 N–H and O–H groups in total. The second kappa shape index (κ2) is 7.50. The van der Waals surface area contributed by atoms with Gasteiger partial charge in [-0.25, -0.2) is 4.79 Å². The van der Waals surface area contributed by atoms with Crippen molar-refractivity contribution in [1.82, 2.24) is 10.6 Å². The summed E-state index contributed by atoms with van der Waals surface area (Å²) in [5.41, 5.74) is 0.782. The van der Waals surface area contributed by atoms with E-state index in [0.717, 1.165) is 31.2 Å². The van der Waals surface area contributed by atoms with E-state index in [-0.39, 0.29) is 17.9 Å². The predicted octanol–water partition coefficient (Wildman–Crippen LogP) is 2.86. The number of hydrogen-bond donors (Lipinski definition) is 3. The van der Waals surface area contributed by atoms with Crippen molar-refractivity contribution in [3.8, 4) is 0 Å². The van der Waals surface area contributed by atoms with Crippen LogP contribution in [0.1, 0.15) is 44.2 Å². The third-order valence-corrected chi connectivity index (χ3v) is 4.05. The number of rotatable bonds is 5. The monoisotopic (exact) mass is 306 g/mol. The number of hydrogen-bond acceptors (Lipinski definition) is 3. The Morgan fingerprint density at radius 2 is 1.81 bits per heavy atom. The second-order valence-corrected chi connectivity index (χ2v) is 6.30. The predicted molar refractivity (Wildman–Crippen MR) is 86.6 cm³/mol. The fourth-order valence-electron chi connectivity index (χ4n) is 2.63. The average molecular weight is 306 g/mol. The maximum atomic E-state index is 12.3. The van der Waals surface area contributed by atoms with Crippen molar-refractivity contribution < 1.29 is 9.59 Å². The Labute approximate surface area is 131 Å². The minimum Gasteiger partial charge on any atom is -0.335 e. The van der Waals surface area contributed by atoms with Crippen LogP contribution in [0.25, 0.3) is 0 Å². The summed E-state index contributed by atoms with van der Waals surface area (Å²) in [6.45, 7) is 1.72. The van der Waals surface area contributed by atoms with Crippen LogP contribution in [0.3, 0.4) is 0 Å². The Morgan fingerprint density at radius 1 is 1.19 bits per heavy atom. The number of ketones is 1. The zero-order valence-corrected chi connectivity index (χ0v) is 13.1. The fraction of sp³-hybridized carbons (Fsp3) is 0.500. The normalized spacial score (nSPS) is 18.0. The van der Waals surface area contributed by atoms with Crippen LogP contribution in [0.5, 0.6) is 0 Å². The van der Waals surface area contributed by atoms with Crippen LogP contribution in [0.4, 0.5) is 4.79 Å². The maximum absolute atomic E-state index is 12.3. The summed E-state index contributed by atoms with van der Waals surface area (Å²) < 4.78 is 0. The molecule has 0 aliphatic heterocycles. The molecule has 0 spiro atoms. The topological polar surface area (TPSA) is 58.2 Å². The van der Waals surface area contributed by atoms with Gasteiger partial charge in [-0.3, -0.25) is 4.79 Å². The number of amides is 2. The van der Waals surface area contributed by atoms with Gasteiger partial charge < -0.3 is 10.6 Å². The van der Waals surface area contributed by atoms with E-state index in [0.29, 0.717) is 0 Å². The van der Waals surface area contributed by atoms with Gasteiger partial charge in [0.05, 0.1) is 5.25 Å².